The fourth-order valence-electron chi connectivity index (χ4n) is 11.7. The molecule has 0 saturated heterocycles. The van der Waals surface area contributed by atoms with E-state index < -0.39 is 168 Å². The summed E-state index contributed by atoms with van der Waals surface area (Å²) in [5.41, 5.74) is 14.4. The van der Waals surface area contributed by atoms with Gasteiger partial charge in [-0.2, -0.15) is 37.9 Å². The summed E-state index contributed by atoms with van der Waals surface area (Å²) in [5.74, 6) is -13.3. The number of thiol groups is 3. The number of hydrogen-bond donors (Lipinski definition) is 23. The summed E-state index contributed by atoms with van der Waals surface area (Å²) in [6.07, 6.45) is -1.34. The number of nitrogens with two attached hydrogens (primary N) is 2. The van der Waals surface area contributed by atoms with Gasteiger partial charge in [0.05, 0.1) is 44.2 Å². The second kappa shape index (κ2) is 49.6. The first-order chi connectivity index (χ1) is 54.1. The van der Waals surface area contributed by atoms with Gasteiger partial charge in [-0.25, -0.2) is 0 Å². The number of aliphatic hydroxyl groups excluding tert-OH is 3. The van der Waals surface area contributed by atoms with E-state index in [2.05, 4.69) is 117 Å². The van der Waals surface area contributed by atoms with Crippen LogP contribution in [0.2, 0.25) is 0 Å². The molecule has 0 spiro atoms. The summed E-state index contributed by atoms with van der Waals surface area (Å²) in [6.45, 7) is 3.80. The van der Waals surface area contributed by atoms with E-state index >= 15 is 14.4 Å². The average molecular weight is 1630 g/mol. The summed E-state index contributed by atoms with van der Waals surface area (Å²) < 4.78 is 0. The molecule has 0 bridgehead atoms. The maximum absolute atomic E-state index is 15.3. The van der Waals surface area contributed by atoms with Crippen molar-refractivity contribution >= 4 is 131 Å². The first kappa shape index (κ1) is 93.8. The summed E-state index contributed by atoms with van der Waals surface area (Å²) >= 11 is 12.8. The third-order valence-electron chi connectivity index (χ3n) is 18.0. The van der Waals surface area contributed by atoms with Crippen LogP contribution >= 0.6 is 37.9 Å². The number of nitrogens with one attached hydrogen (secondary N) is 15. The van der Waals surface area contributed by atoms with Crippen LogP contribution in [0.3, 0.4) is 0 Å². The molecule has 616 valence electrons. The van der Waals surface area contributed by atoms with Crippen LogP contribution in [0.5, 0.6) is 0 Å². The van der Waals surface area contributed by atoms with Gasteiger partial charge in [-0.3, -0.25) is 77.8 Å². The predicted octanol–water partition coefficient (Wildman–Crippen LogP) is -3.67. The van der Waals surface area contributed by atoms with E-state index in [0.29, 0.717) is 52.4 Å². The van der Waals surface area contributed by atoms with Crippen molar-refractivity contribution in [1.29, 1.82) is 0 Å². The van der Waals surface area contributed by atoms with E-state index in [1.807, 2.05) is 0 Å². The minimum absolute atomic E-state index is 0.0189. The van der Waals surface area contributed by atoms with Crippen LogP contribution in [-0.2, 0) is 92.8 Å². The number of ketones is 2. The SMILES string of the molecule is CC(=O)NCN[C@@H](CS)C(=O)NC(CCCCN)C(=O)N[C@@H](CS)C(=O)NC(Cc1ccccc1)C(=O)N[C@@H](Cc1ccccc1)C(=O)NC(Cc1c[nH]c2ccccc12)C(=O)N[C@@H](CCCCN)C(=O)N[C@H](C(=O)N[C@@H](Cc1ccccc1)C(=O)N[C@H](C(=O)N[C@@H](CO)C(=O)C(=O)[C@H](CS)NCNC(C)=O)[C@@H](C)O)[C@@H](C)O. The molecule has 3 unspecified atom stereocenters. The summed E-state index contributed by atoms with van der Waals surface area (Å²) in [4.78, 5) is 198. The fraction of sp³-hybridized carbons (Fsp3) is 0.474. The minimum Gasteiger partial charge on any atom is -0.394 e. The minimum atomic E-state index is -1.91. The lowest BCUT2D eigenvalue weighted by Gasteiger charge is -2.29. The Bertz CT molecular complexity index is 3960. The molecule has 0 radical (unpaired) electrons. The smallest absolute Gasteiger partial charge is 0.245 e. The molecule has 37 heteroatoms. The number of rotatable bonds is 51. The molecule has 1 heterocycles. The zero-order valence-electron chi connectivity index (χ0n) is 63.4. The highest BCUT2D eigenvalue weighted by Gasteiger charge is 2.40. The van der Waals surface area contributed by atoms with Crippen molar-refractivity contribution in [3.05, 3.63) is 144 Å². The van der Waals surface area contributed by atoms with E-state index in [9.17, 15) is 68.1 Å². The second-order valence-electron chi connectivity index (χ2n) is 26.9. The quantitative estimate of drug-likeness (QED) is 0.00772. The van der Waals surface area contributed by atoms with E-state index in [1.54, 1.807) is 121 Å². The molecule has 4 aromatic carbocycles. The topological polar surface area (TPSA) is 536 Å². The van der Waals surface area contributed by atoms with Crippen molar-refractivity contribution < 1.29 is 82.4 Å². The van der Waals surface area contributed by atoms with E-state index in [4.69, 9.17) is 11.5 Å². The Morgan fingerprint density at radius 3 is 1.10 bits per heavy atom. The van der Waals surface area contributed by atoms with Gasteiger partial charge in [-0.15, -0.1) is 0 Å². The van der Waals surface area contributed by atoms with Crippen molar-refractivity contribution in [2.24, 2.45) is 11.5 Å². The molecule has 0 aliphatic heterocycles. The van der Waals surface area contributed by atoms with Gasteiger partial charge in [0, 0.05) is 73.9 Å². The average Bonchev–Trinajstić information content (AvgIpc) is 1.71. The van der Waals surface area contributed by atoms with Gasteiger partial charge in [-0.1, -0.05) is 109 Å². The van der Waals surface area contributed by atoms with E-state index in [1.165, 1.54) is 13.8 Å². The third kappa shape index (κ3) is 31.6. The molecule has 0 aliphatic rings. The Hall–Kier alpha value is -9.83. The van der Waals surface area contributed by atoms with Gasteiger partial charge < -0.3 is 95.6 Å². The number of para-hydroxylation sites is 1. The normalized spacial score (nSPS) is 14.9. The molecule has 14 atom stereocenters. The van der Waals surface area contributed by atoms with Gasteiger partial charge >= 0.3 is 0 Å². The number of H-pyrrole nitrogens is 1. The number of aromatic nitrogens is 1. The summed E-state index contributed by atoms with van der Waals surface area (Å²) in [5, 5.41) is 69.5. The zero-order valence-corrected chi connectivity index (χ0v) is 66.1. The van der Waals surface area contributed by atoms with E-state index in [0.717, 1.165) is 13.8 Å². The Labute approximate surface area is 671 Å². The van der Waals surface area contributed by atoms with Crippen LogP contribution in [-0.4, -0.2) is 238 Å². The first-order valence-corrected chi connectivity index (χ1v) is 38.9. The number of Topliss-reactive ketones (excluding diaryl/α,β-unsaturated/α-hetero) is 2. The summed E-state index contributed by atoms with van der Waals surface area (Å²) in [7, 11) is 0. The highest BCUT2D eigenvalue weighted by atomic mass is 32.1. The van der Waals surface area contributed by atoms with Gasteiger partial charge in [-0.05, 0) is 93.8 Å². The highest BCUT2D eigenvalue weighted by molar-refractivity contribution is 7.80. The molecular weight excluding hydrogens is 1520 g/mol. The molecule has 0 saturated carbocycles. The number of hydrogen-bond acceptors (Lipinski definition) is 24. The largest absolute Gasteiger partial charge is 0.394 e. The van der Waals surface area contributed by atoms with Crippen molar-refractivity contribution in [3.8, 4) is 0 Å². The molecule has 5 aromatic rings. The van der Waals surface area contributed by atoms with E-state index in [-0.39, 0.29) is 94.5 Å². The van der Waals surface area contributed by atoms with Crippen molar-refractivity contribution in [1.82, 2.24) is 79.4 Å². The maximum Gasteiger partial charge on any atom is 0.245 e. The molecule has 22 N–H and O–H groups in total. The molecule has 5 rings (SSSR count). The van der Waals surface area contributed by atoms with Gasteiger partial charge in [0.25, 0.3) is 0 Å². The van der Waals surface area contributed by atoms with Crippen LogP contribution in [0.25, 0.3) is 10.9 Å². The molecular formula is C76H107N17O17S3. The maximum atomic E-state index is 15.3. The lowest BCUT2D eigenvalue weighted by molar-refractivity contribution is -0.141. The molecule has 12 amide bonds. The van der Waals surface area contributed by atoms with Crippen LogP contribution in [0.15, 0.2) is 121 Å². The van der Waals surface area contributed by atoms with Crippen molar-refractivity contribution in [2.75, 3.05) is 50.3 Å². The van der Waals surface area contributed by atoms with Crippen molar-refractivity contribution in [3.63, 3.8) is 0 Å². The number of fused-ring (bicyclic) bond motifs is 1. The second-order valence-corrected chi connectivity index (χ2v) is 28.0. The van der Waals surface area contributed by atoms with Crippen LogP contribution in [0.4, 0.5) is 0 Å². The lowest BCUT2D eigenvalue weighted by atomic mass is 10.00. The number of amides is 12. The highest BCUT2D eigenvalue weighted by Crippen LogP contribution is 2.21. The molecule has 0 fully saturated rings. The standard InChI is InChI=1S/C76H107N17O17S3/c1-43(95)63(75(109)89-57(34-49-24-12-7-13-25-49)72(106)93-64(44(2)96)76(110)90-59(37-94)65(99)66(100)60(38-111)82-41-80-45(3)97)92-68(102)54(29-17-19-31-78)84-71(105)58(35-50-36-79-52-27-15-14-26-51(50)52)88-70(104)55(32-47-20-8-5-9-21-47)86-69(103)56(33-48-22-10-6-11-23-48)87-74(108)62(40-113)91-67(101)53(28-16-18-30-77)85-73(107)61(39-112)83-42-81-46(4)98/h5-15,20-27,36,43-44,53-64,79,82-83,94-96,111-113H,16-19,28-35,37-42,77-78H2,1-4H3,(H,80,97)(H,81,98)(H,84,105)(H,85,107)(H,86,103)(H,87,108)(H,88,104)(H,89,109)(H,90,110)(H,91,101)(H,92,102)(H,93,106)/t43-,44-,53?,54+,55+,56?,57+,58?,59+,60+,61+,62+,63+,64+/m1/s1. The number of aromatic amines is 1. The third-order valence-corrected chi connectivity index (χ3v) is 19.1. The predicted molar refractivity (Wildman–Crippen MR) is 431 cm³/mol. The monoisotopic (exact) mass is 1630 g/mol. The zero-order chi connectivity index (χ0) is 83.1. The Kier molecular flexibility index (Phi) is 41.2. The molecule has 0 aliphatic carbocycles. The van der Waals surface area contributed by atoms with Gasteiger partial charge in [0.1, 0.15) is 60.4 Å². The van der Waals surface area contributed by atoms with Crippen LogP contribution < -0.4 is 85.9 Å². The number of carbonyl (C=O) groups is 14. The van der Waals surface area contributed by atoms with Gasteiger partial charge in [0.15, 0.2) is 0 Å². The molecule has 1 aromatic heterocycles. The fourth-order valence-corrected chi connectivity index (χ4v) is 12.6. The number of aliphatic hydroxyl groups is 3. The molecule has 113 heavy (non-hydrogen) atoms. The van der Waals surface area contributed by atoms with Crippen LogP contribution in [0.1, 0.15) is 88.5 Å². The lowest BCUT2D eigenvalue weighted by Crippen LogP contribution is -2.63. The Balaban J connectivity index is 1.45. The Morgan fingerprint density at radius 1 is 0.381 bits per heavy atom. The molecule has 34 nitrogen and oxygen atoms in total. The van der Waals surface area contributed by atoms with Gasteiger partial charge in [0.2, 0.25) is 82.5 Å². The first-order valence-electron chi connectivity index (χ1n) is 37.0. The van der Waals surface area contributed by atoms with Crippen molar-refractivity contribution in [2.45, 2.75) is 177 Å². The number of unbranched alkanes of at least 4 members (excludes halogenated alkanes) is 2. The summed E-state index contributed by atoms with van der Waals surface area (Å²) in [6, 6.07) is 14.1. The Morgan fingerprint density at radius 2 is 0.699 bits per heavy atom. The number of benzene rings is 4. The van der Waals surface area contributed by atoms with Crippen LogP contribution in [0, 0.1) is 0 Å². The number of carbonyl (C=O) groups excluding carboxylic acids is 14.